The number of nitrogens with zero attached hydrogens (tertiary/aromatic N) is 1. The van der Waals surface area contributed by atoms with E-state index in [1.165, 1.54) is 11.3 Å². The molecule has 1 amide bonds. The molecule has 0 fully saturated rings. The molecule has 2 aromatic rings. The van der Waals surface area contributed by atoms with E-state index in [1.54, 1.807) is 28.4 Å². The van der Waals surface area contributed by atoms with Crippen molar-refractivity contribution in [1.29, 1.82) is 0 Å². The summed E-state index contributed by atoms with van der Waals surface area (Å²) in [6, 6.07) is 7.62. The Bertz CT molecular complexity index is 588. The zero-order valence-electron chi connectivity index (χ0n) is 11.7. The first-order chi connectivity index (χ1) is 10.2. The molecule has 0 radical (unpaired) electrons. The van der Waals surface area contributed by atoms with Crippen molar-refractivity contribution in [2.75, 3.05) is 6.54 Å². The third-order valence-corrected chi connectivity index (χ3v) is 4.76. The molecule has 0 aliphatic heterocycles. The molecule has 2 heterocycles. The minimum Gasteiger partial charge on any atom is -0.334 e. The fourth-order valence-electron chi connectivity index (χ4n) is 1.94. The lowest BCUT2D eigenvalue weighted by atomic mass is 10.1. The van der Waals surface area contributed by atoms with E-state index in [0.29, 0.717) is 13.1 Å². The van der Waals surface area contributed by atoms with Crippen molar-refractivity contribution in [3.05, 3.63) is 57.4 Å². The third kappa shape index (κ3) is 4.65. The van der Waals surface area contributed by atoms with Crippen LogP contribution in [-0.4, -0.2) is 23.1 Å². The minimum atomic E-state index is -0.00629. The molecule has 110 valence electrons. The summed E-state index contributed by atoms with van der Waals surface area (Å²) < 4.78 is 0. The molecule has 2 aromatic heterocycles. The van der Waals surface area contributed by atoms with Crippen LogP contribution in [-0.2, 0) is 11.3 Å². The summed E-state index contributed by atoms with van der Waals surface area (Å²) in [6.07, 6.45) is 2.22. The molecule has 0 saturated carbocycles. The van der Waals surface area contributed by atoms with Crippen LogP contribution in [0.3, 0.4) is 0 Å². The molecule has 0 atom stereocenters. The van der Waals surface area contributed by atoms with Crippen LogP contribution in [0.2, 0.25) is 0 Å². The number of carbonyl (C=O) groups is 2. The number of rotatable bonds is 8. The Balaban J connectivity index is 1.89. The first-order valence-electron chi connectivity index (χ1n) is 6.68. The predicted molar refractivity (Wildman–Crippen MR) is 87.8 cm³/mol. The smallest absolute Gasteiger partial charge is 0.223 e. The Morgan fingerprint density at radius 1 is 1.14 bits per heavy atom. The van der Waals surface area contributed by atoms with Gasteiger partial charge in [0.2, 0.25) is 5.91 Å². The average molecular weight is 319 g/mol. The van der Waals surface area contributed by atoms with Crippen LogP contribution in [0.1, 0.15) is 27.4 Å². The van der Waals surface area contributed by atoms with Crippen LogP contribution in [0.5, 0.6) is 0 Å². The van der Waals surface area contributed by atoms with E-state index in [4.69, 9.17) is 0 Å². The molecule has 0 aliphatic rings. The monoisotopic (exact) mass is 319 g/mol. The van der Waals surface area contributed by atoms with E-state index in [-0.39, 0.29) is 24.5 Å². The maximum Gasteiger partial charge on any atom is 0.223 e. The highest BCUT2D eigenvalue weighted by Crippen LogP contribution is 2.15. The standard InChI is InChI=1S/C16H17NO2S2/c1-2-9-17(12-13-5-3-10-20-13)16(19)8-7-14(18)15-6-4-11-21-15/h2-6,10-11H,1,7-9,12H2. The van der Waals surface area contributed by atoms with Crippen molar-refractivity contribution < 1.29 is 9.59 Å². The summed E-state index contributed by atoms with van der Waals surface area (Å²) in [5.74, 6) is 0.0289. The van der Waals surface area contributed by atoms with Gasteiger partial charge < -0.3 is 4.90 Å². The van der Waals surface area contributed by atoms with Gasteiger partial charge >= 0.3 is 0 Å². The molecule has 0 saturated heterocycles. The highest BCUT2D eigenvalue weighted by Gasteiger charge is 2.16. The normalized spacial score (nSPS) is 10.3. The Morgan fingerprint density at radius 3 is 2.52 bits per heavy atom. The van der Waals surface area contributed by atoms with E-state index >= 15 is 0 Å². The van der Waals surface area contributed by atoms with Gasteiger partial charge in [-0.15, -0.1) is 29.3 Å². The Labute approximate surface area is 132 Å². The van der Waals surface area contributed by atoms with Gasteiger partial charge in [0, 0.05) is 24.3 Å². The van der Waals surface area contributed by atoms with E-state index in [2.05, 4.69) is 6.58 Å². The van der Waals surface area contributed by atoms with Gasteiger partial charge in [0.15, 0.2) is 5.78 Å². The van der Waals surface area contributed by atoms with Crippen LogP contribution in [0, 0.1) is 0 Å². The second-order valence-corrected chi connectivity index (χ2v) is 6.52. The molecule has 2 rings (SSSR count). The average Bonchev–Trinajstić information content (AvgIpc) is 3.16. The van der Waals surface area contributed by atoms with Crippen LogP contribution in [0.25, 0.3) is 0 Å². The maximum atomic E-state index is 12.3. The van der Waals surface area contributed by atoms with Crippen LogP contribution in [0.4, 0.5) is 0 Å². The van der Waals surface area contributed by atoms with Crippen molar-refractivity contribution >= 4 is 34.4 Å². The van der Waals surface area contributed by atoms with Gasteiger partial charge in [0.1, 0.15) is 0 Å². The van der Waals surface area contributed by atoms with Gasteiger partial charge in [0.05, 0.1) is 11.4 Å². The number of carbonyl (C=O) groups excluding carboxylic acids is 2. The molecule has 0 aliphatic carbocycles. The predicted octanol–water partition coefficient (Wildman–Crippen LogP) is 3.99. The number of hydrogen-bond donors (Lipinski definition) is 0. The van der Waals surface area contributed by atoms with E-state index in [9.17, 15) is 9.59 Å². The zero-order valence-corrected chi connectivity index (χ0v) is 13.3. The van der Waals surface area contributed by atoms with Crippen molar-refractivity contribution in [3.8, 4) is 0 Å². The highest BCUT2D eigenvalue weighted by atomic mass is 32.1. The van der Waals surface area contributed by atoms with Gasteiger partial charge in [-0.25, -0.2) is 0 Å². The molecule has 3 nitrogen and oxygen atoms in total. The molecule has 0 unspecified atom stereocenters. The second kappa shape index (κ2) is 7.90. The largest absolute Gasteiger partial charge is 0.334 e. The van der Waals surface area contributed by atoms with E-state index in [1.807, 2.05) is 29.0 Å². The van der Waals surface area contributed by atoms with Crippen molar-refractivity contribution in [2.24, 2.45) is 0 Å². The lowest BCUT2D eigenvalue weighted by Crippen LogP contribution is -2.30. The quantitative estimate of drug-likeness (QED) is 0.545. The molecule has 0 N–H and O–H groups in total. The fourth-order valence-corrected chi connectivity index (χ4v) is 3.35. The van der Waals surface area contributed by atoms with Crippen molar-refractivity contribution in [1.82, 2.24) is 4.90 Å². The summed E-state index contributed by atoms with van der Waals surface area (Å²) in [5, 5.41) is 3.86. The Kier molecular flexibility index (Phi) is 5.90. The lowest BCUT2D eigenvalue weighted by molar-refractivity contribution is -0.131. The minimum absolute atomic E-state index is 0.00629. The summed E-state index contributed by atoms with van der Waals surface area (Å²) >= 11 is 3.04. The maximum absolute atomic E-state index is 12.3. The molecule has 0 spiro atoms. The first kappa shape index (κ1) is 15.7. The van der Waals surface area contributed by atoms with E-state index < -0.39 is 0 Å². The van der Waals surface area contributed by atoms with Gasteiger partial charge in [-0.2, -0.15) is 0 Å². The molecule has 0 bridgehead atoms. The van der Waals surface area contributed by atoms with Gasteiger partial charge in [-0.1, -0.05) is 18.2 Å². The third-order valence-electron chi connectivity index (χ3n) is 2.99. The molecule has 21 heavy (non-hydrogen) atoms. The Morgan fingerprint density at radius 2 is 1.90 bits per heavy atom. The van der Waals surface area contributed by atoms with Crippen LogP contribution in [0.15, 0.2) is 47.7 Å². The fraction of sp³-hybridized carbons (Fsp3) is 0.250. The Hall–Kier alpha value is -1.72. The topological polar surface area (TPSA) is 37.4 Å². The van der Waals surface area contributed by atoms with E-state index in [0.717, 1.165) is 9.75 Å². The van der Waals surface area contributed by atoms with Crippen molar-refractivity contribution in [3.63, 3.8) is 0 Å². The van der Waals surface area contributed by atoms with Crippen LogP contribution >= 0.6 is 22.7 Å². The SMILES string of the molecule is C=CCN(Cc1cccs1)C(=O)CCC(=O)c1cccs1. The summed E-state index contributed by atoms with van der Waals surface area (Å²) in [4.78, 5) is 27.8. The molecule has 5 heteroatoms. The summed E-state index contributed by atoms with van der Waals surface area (Å²) in [7, 11) is 0. The number of thiophene rings is 2. The lowest BCUT2D eigenvalue weighted by Gasteiger charge is -2.20. The van der Waals surface area contributed by atoms with Gasteiger partial charge in [-0.05, 0) is 22.9 Å². The first-order valence-corrected chi connectivity index (χ1v) is 8.44. The van der Waals surface area contributed by atoms with Crippen LogP contribution < -0.4 is 0 Å². The number of ketones is 1. The second-order valence-electron chi connectivity index (χ2n) is 4.54. The number of amides is 1. The number of Topliss-reactive ketones (excluding diaryl/α,β-unsaturated/α-hetero) is 1. The summed E-state index contributed by atoms with van der Waals surface area (Å²) in [5.41, 5.74) is 0. The zero-order chi connectivity index (χ0) is 15.1. The number of hydrogen-bond acceptors (Lipinski definition) is 4. The molecular weight excluding hydrogens is 302 g/mol. The molecule has 0 aromatic carbocycles. The summed E-state index contributed by atoms with van der Waals surface area (Å²) in [6.45, 7) is 4.78. The molecular formula is C16H17NO2S2. The van der Waals surface area contributed by atoms with Gasteiger partial charge in [-0.3, -0.25) is 9.59 Å². The highest BCUT2D eigenvalue weighted by molar-refractivity contribution is 7.12. The van der Waals surface area contributed by atoms with Crippen molar-refractivity contribution in [2.45, 2.75) is 19.4 Å². The van der Waals surface area contributed by atoms with Gasteiger partial charge in [0.25, 0.3) is 0 Å².